The third kappa shape index (κ3) is 4.27. The molecular weight excluding hydrogens is 483 g/mol. The first-order valence-electron chi connectivity index (χ1n) is 9.69. The summed E-state index contributed by atoms with van der Waals surface area (Å²) in [5.74, 6) is -4.03. The predicted octanol–water partition coefficient (Wildman–Crippen LogP) is 4.14. The summed E-state index contributed by atoms with van der Waals surface area (Å²) in [6.07, 6.45) is 3.44. The van der Waals surface area contributed by atoms with Crippen LogP contribution in [0.5, 0.6) is 0 Å². The van der Waals surface area contributed by atoms with E-state index in [0.717, 1.165) is 4.57 Å². The summed E-state index contributed by atoms with van der Waals surface area (Å²) in [7, 11) is 0. The number of primary amides is 1. The van der Waals surface area contributed by atoms with Crippen LogP contribution in [-0.2, 0) is 9.53 Å². The van der Waals surface area contributed by atoms with E-state index in [1.165, 1.54) is 18.3 Å². The third-order valence-corrected chi connectivity index (χ3v) is 5.72. The summed E-state index contributed by atoms with van der Waals surface area (Å²) in [6.45, 7) is 8.29. The summed E-state index contributed by atoms with van der Waals surface area (Å²) >= 11 is 3.33. The van der Waals surface area contributed by atoms with Gasteiger partial charge in [-0.05, 0) is 56.6 Å². The Morgan fingerprint density at radius 3 is 2.50 bits per heavy atom. The average Bonchev–Trinajstić information content (AvgIpc) is 2.94. The zero-order chi connectivity index (χ0) is 24.0. The molecule has 2 heterocycles. The highest BCUT2D eigenvalue weighted by Crippen LogP contribution is 2.40. The van der Waals surface area contributed by atoms with Gasteiger partial charge in [0.25, 0.3) is 5.91 Å². The van der Waals surface area contributed by atoms with E-state index in [9.17, 15) is 14.4 Å². The molecule has 0 saturated heterocycles. The number of aryl methyl sites for hydroxylation is 1. The van der Waals surface area contributed by atoms with E-state index in [4.69, 9.17) is 10.5 Å². The number of amides is 1. The Morgan fingerprint density at radius 1 is 1.28 bits per heavy atom. The van der Waals surface area contributed by atoms with Crippen LogP contribution >= 0.6 is 15.9 Å². The number of hydrogen-bond donors (Lipinski definition) is 1. The van der Waals surface area contributed by atoms with Crippen LogP contribution in [0.4, 0.5) is 9.18 Å². The molecule has 2 aromatic heterocycles. The molecule has 1 unspecified atom stereocenters. The maximum absolute atomic E-state index is 15.1. The molecule has 168 valence electrons. The summed E-state index contributed by atoms with van der Waals surface area (Å²) in [5.41, 5.74) is 5.41. The fraction of sp³-hybridized carbons (Fsp3) is 0.318. The largest absolute Gasteiger partial charge is 0.443 e. The summed E-state index contributed by atoms with van der Waals surface area (Å²) < 4.78 is 21.8. The fourth-order valence-corrected chi connectivity index (χ4v) is 3.96. The highest BCUT2D eigenvalue weighted by molar-refractivity contribution is 9.10. The summed E-state index contributed by atoms with van der Waals surface area (Å²) in [5, 5.41) is 0. The van der Waals surface area contributed by atoms with Crippen LogP contribution in [0.15, 0.2) is 34.7 Å². The lowest BCUT2D eigenvalue weighted by atomic mass is 9.87. The lowest BCUT2D eigenvalue weighted by Crippen LogP contribution is -2.31. The maximum atomic E-state index is 15.1. The molecule has 2 aromatic rings. The van der Waals surface area contributed by atoms with Gasteiger partial charge in [0.1, 0.15) is 11.3 Å². The SMILES string of the molecule is Cc1ccnc(C2=C(F)C(=O)C(c3c(Br)c(C)n(C(=O)OC(C)(C)C)c3C(N)=O)C=C2)n1. The number of ketones is 1. The minimum atomic E-state index is -1.19. The van der Waals surface area contributed by atoms with Crippen molar-refractivity contribution in [1.29, 1.82) is 0 Å². The lowest BCUT2D eigenvalue weighted by molar-refractivity contribution is -0.117. The van der Waals surface area contributed by atoms with Gasteiger partial charge in [-0.1, -0.05) is 12.2 Å². The van der Waals surface area contributed by atoms with Gasteiger partial charge < -0.3 is 10.5 Å². The van der Waals surface area contributed by atoms with Crippen molar-refractivity contribution in [2.75, 3.05) is 0 Å². The van der Waals surface area contributed by atoms with Crippen LogP contribution in [0.1, 0.15) is 60.0 Å². The van der Waals surface area contributed by atoms with Crippen molar-refractivity contribution in [3.05, 3.63) is 63.2 Å². The Balaban J connectivity index is 2.13. The van der Waals surface area contributed by atoms with Crippen molar-refractivity contribution in [3.8, 4) is 0 Å². The minimum absolute atomic E-state index is 0.0602. The molecule has 0 spiro atoms. The van der Waals surface area contributed by atoms with E-state index in [1.54, 1.807) is 40.7 Å². The van der Waals surface area contributed by atoms with Crippen LogP contribution < -0.4 is 5.73 Å². The van der Waals surface area contributed by atoms with Crippen molar-refractivity contribution >= 4 is 39.3 Å². The molecule has 0 aromatic carbocycles. The van der Waals surface area contributed by atoms with Crippen molar-refractivity contribution in [2.24, 2.45) is 5.73 Å². The molecule has 0 aliphatic heterocycles. The Bertz CT molecular complexity index is 1210. The number of ether oxygens (including phenoxy) is 1. The average molecular weight is 505 g/mol. The highest BCUT2D eigenvalue weighted by atomic mass is 79.9. The quantitative estimate of drug-likeness (QED) is 0.670. The first-order valence-corrected chi connectivity index (χ1v) is 10.5. The number of carbonyl (C=O) groups is 3. The number of halogens is 2. The molecule has 10 heteroatoms. The molecule has 0 fully saturated rings. The fourth-order valence-electron chi connectivity index (χ4n) is 3.35. The lowest BCUT2D eigenvalue weighted by Gasteiger charge is -2.21. The van der Waals surface area contributed by atoms with Gasteiger partial charge >= 0.3 is 6.09 Å². The van der Waals surface area contributed by atoms with E-state index >= 15 is 4.39 Å². The normalized spacial score (nSPS) is 16.5. The molecule has 2 N–H and O–H groups in total. The van der Waals surface area contributed by atoms with Crippen molar-refractivity contribution in [2.45, 2.75) is 46.1 Å². The number of rotatable bonds is 3. The van der Waals surface area contributed by atoms with Gasteiger partial charge in [0, 0.05) is 27.6 Å². The van der Waals surface area contributed by atoms with Gasteiger partial charge in [-0.15, -0.1) is 0 Å². The Hall–Kier alpha value is -3.14. The highest BCUT2D eigenvalue weighted by Gasteiger charge is 2.38. The monoisotopic (exact) mass is 504 g/mol. The van der Waals surface area contributed by atoms with Gasteiger partial charge in [-0.25, -0.2) is 23.7 Å². The molecule has 1 atom stereocenters. The predicted molar refractivity (Wildman–Crippen MR) is 119 cm³/mol. The molecule has 1 aliphatic rings. The topological polar surface area (TPSA) is 117 Å². The number of nitrogens with zero attached hydrogens (tertiary/aromatic N) is 3. The summed E-state index contributed by atoms with van der Waals surface area (Å²) in [6, 6.07) is 1.65. The van der Waals surface area contributed by atoms with E-state index < -0.39 is 35.1 Å². The maximum Gasteiger partial charge on any atom is 0.419 e. The van der Waals surface area contributed by atoms with Crippen LogP contribution in [0, 0.1) is 13.8 Å². The molecule has 32 heavy (non-hydrogen) atoms. The number of carbonyl (C=O) groups excluding carboxylic acids is 3. The minimum Gasteiger partial charge on any atom is -0.443 e. The van der Waals surface area contributed by atoms with Crippen LogP contribution in [0.3, 0.4) is 0 Å². The van der Waals surface area contributed by atoms with E-state index in [-0.39, 0.29) is 27.1 Å². The second-order valence-electron chi connectivity index (χ2n) is 8.29. The third-order valence-electron chi connectivity index (χ3n) is 4.72. The number of Topliss-reactive ketones (excluding diaryl/α,β-unsaturated/α-hetero) is 1. The van der Waals surface area contributed by atoms with Crippen molar-refractivity contribution < 1.29 is 23.5 Å². The van der Waals surface area contributed by atoms with Gasteiger partial charge in [-0.2, -0.15) is 0 Å². The summed E-state index contributed by atoms with van der Waals surface area (Å²) in [4.78, 5) is 46.3. The van der Waals surface area contributed by atoms with Gasteiger partial charge in [-0.3, -0.25) is 9.59 Å². The Labute approximate surface area is 192 Å². The first kappa shape index (κ1) is 23.5. The molecule has 0 radical (unpaired) electrons. The number of hydrogen-bond acceptors (Lipinski definition) is 6. The number of nitrogens with two attached hydrogens (primary N) is 1. The molecule has 1 aliphatic carbocycles. The molecule has 0 bridgehead atoms. The van der Waals surface area contributed by atoms with Crippen molar-refractivity contribution in [3.63, 3.8) is 0 Å². The number of aromatic nitrogens is 3. The second kappa shape index (κ2) is 8.42. The molecule has 3 rings (SSSR count). The molecule has 8 nitrogen and oxygen atoms in total. The number of allylic oxidation sites excluding steroid dienone is 4. The van der Waals surface area contributed by atoms with Gasteiger partial charge in [0.2, 0.25) is 5.78 Å². The zero-order valence-electron chi connectivity index (χ0n) is 18.2. The first-order chi connectivity index (χ1) is 14.8. The Kier molecular flexibility index (Phi) is 6.19. The van der Waals surface area contributed by atoms with E-state index in [1.807, 2.05) is 0 Å². The van der Waals surface area contributed by atoms with Crippen LogP contribution in [0.2, 0.25) is 0 Å². The molecule has 1 amide bonds. The Morgan fingerprint density at radius 2 is 1.94 bits per heavy atom. The molecule has 0 saturated carbocycles. The smallest absolute Gasteiger partial charge is 0.419 e. The van der Waals surface area contributed by atoms with Crippen molar-refractivity contribution in [1.82, 2.24) is 14.5 Å². The van der Waals surface area contributed by atoms with Crippen LogP contribution in [-0.4, -0.2) is 37.9 Å². The van der Waals surface area contributed by atoms with E-state index in [0.29, 0.717) is 11.4 Å². The second-order valence-corrected chi connectivity index (χ2v) is 9.09. The zero-order valence-corrected chi connectivity index (χ0v) is 19.8. The van der Waals surface area contributed by atoms with Crippen LogP contribution in [0.25, 0.3) is 5.57 Å². The van der Waals surface area contributed by atoms with Gasteiger partial charge in [0.15, 0.2) is 11.7 Å². The molecular formula is C22H22BrFN4O4. The van der Waals surface area contributed by atoms with Gasteiger partial charge in [0.05, 0.1) is 11.5 Å². The standard InChI is InChI=1S/C22H22BrFN4O4/c1-10-8-9-26-20(27-10)13-7-6-12(18(29)16(13)24)14-15(23)11(2)28(17(14)19(25)30)21(31)32-22(3,4)5/h6-9,12H,1-5H3,(H2,25,30). The van der Waals surface area contributed by atoms with E-state index in [2.05, 4.69) is 25.9 Å².